The van der Waals surface area contributed by atoms with E-state index in [1.54, 1.807) is 0 Å². The second kappa shape index (κ2) is 8.73. The van der Waals surface area contributed by atoms with Crippen LogP contribution in [0.3, 0.4) is 0 Å². The van der Waals surface area contributed by atoms with Crippen molar-refractivity contribution in [3.8, 4) is 0 Å². The van der Waals surface area contributed by atoms with Crippen molar-refractivity contribution in [1.82, 2.24) is 9.62 Å². The van der Waals surface area contributed by atoms with Crippen molar-refractivity contribution < 1.29 is 18.0 Å². The van der Waals surface area contributed by atoms with Crippen LogP contribution in [0.5, 0.6) is 0 Å². The van der Waals surface area contributed by atoms with Crippen molar-refractivity contribution in [3.63, 3.8) is 0 Å². The molecule has 0 bridgehead atoms. The van der Waals surface area contributed by atoms with Gasteiger partial charge >= 0.3 is 6.03 Å². The monoisotopic (exact) mass is 430 g/mol. The van der Waals surface area contributed by atoms with Crippen molar-refractivity contribution >= 4 is 79.0 Å². The van der Waals surface area contributed by atoms with E-state index in [1.165, 1.54) is 23.0 Å². The number of hydrogen-bond acceptors (Lipinski definition) is 4. The number of fused-ring (bicyclic) bond motifs is 2. The Labute approximate surface area is 208 Å². The number of benzene rings is 1. The van der Waals surface area contributed by atoms with Gasteiger partial charge in [0, 0.05) is 77.1 Å². The number of nitrogens with zero attached hydrogens (tertiary/aromatic N) is 1. The number of hydrogen-bond donors (Lipinski definition) is 2. The molecule has 1 radical (unpaired) electrons. The molecule has 0 aromatic heterocycles. The molecule has 2 aliphatic carbocycles. The summed E-state index contributed by atoms with van der Waals surface area (Å²) in [6.07, 6.45) is 6.34. The minimum Gasteiger partial charge on any atom is -0.342 e. The van der Waals surface area contributed by atoms with Crippen LogP contribution in [0.15, 0.2) is 6.07 Å². The summed E-state index contributed by atoms with van der Waals surface area (Å²) in [5.74, 6) is -0.146. The Morgan fingerprint density at radius 1 is 1.07 bits per heavy atom. The zero-order chi connectivity index (χ0) is 19.2. The fraction of sp³-hybridized carbons (Fsp3) is 0.579. The normalized spacial score (nSPS) is 20.3. The zero-order valence-corrected chi connectivity index (χ0v) is 20.4. The van der Waals surface area contributed by atoms with Gasteiger partial charge in [-0.25, -0.2) is 17.9 Å². The van der Waals surface area contributed by atoms with Crippen LogP contribution in [0.1, 0.15) is 48.4 Å². The summed E-state index contributed by atoms with van der Waals surface area (Å²) in [4.78, 5) is 25.4. The maximum atomic E-state index is 12.6. The van der Waals surface area contributed by atoms with Crippen LogP contribution in [-0.4, -0.2) is 95.0 Å². The third-order valence-corrected chi connectivity index (χ3v) is 7.71. The van der Waals surface area contributed by atoms with Crippen LogP contribution in [0.25, 0.3) is 0 Å². The van der Waals surface area contributed by atoms with Crippen LogP contribution in [0, 0.1) is 0 Å². The quantitative estimate of drug-likeness (QED) is 0.708. The van der Waals surface area contributed by atoms with Gasteiger partial charge in [0.25, 0.3) is 0 Å². The molecule has 3 aliphatic rings. The fourth-order valence-corrected chi connectivity index (χ4v) is 5.85. The number of aryl methyl sites for hydroxylation is 2. The van der Waals surface area contributed by atoms with E-state index in [-0.39, 0.29) is 63.8 Å². The van der Waals surface area contributed by atoms with Crippen LogP contribution in [0.4, 0.5) is 10.5 Å². The van der Waals surface area contributed by atoms with Crippen molar-refractivity contribution in [1.29, 1.82) is 0 Å². The minimum absolute atomic E-state index is 0. The van der Waals surface area contributed by atoms with E-state index < -0.39 is 21.3 Å². The van der Waals surface area contributed by atoms with Gasteiger partial charge in [0.15, 0.2) is 0 Å². The van der Waals surface area contributed by atoms with Gasteiger partial charge in [0.1, 0.15) is 0 Å². The van der Waals surface area contributed by atoms with Gasteiger partial charge < -0.3 is 10.2 Å². The average molecular weight is 431 g/mol. The molecule has 2 N–H and O–H groups in total. The maximum Gasteiger partial charge on any atom is 0.332 e. The van der Waals surface area contributed by atoms with Gasteiger partial charge in [-0.3, -0.25) is 4.79 Å². The van der Waals surface area contributed by atoms with Gasteiger partial charge in [-0.2, -0.15) is 0 Å². The predicted molar refractivity (Wildman–Crippen MR) is 108 cm³/mol. The van der Waals surface area contributed by atoms with E-state index in [1.807, 2.05) is 0 Å². The summed E-state index contributed by atoms with van der Waals surface area (Å²) in [5.41, 5.74) is 5.70. The van der Waals surface area contributed by atoms with Crippen LogP contribution in [-0.2, 0) is 40.5 Å². The Balaban J connectivity index is 0.00000225. The molecule has 28 heavy (non-hydrogen) atoms. The third kappa shape index (κ3) is 4.34. The van der Waals surface area contributed by atoms with Crippen molar-refractivity contribution in [2.45, 2.75) is 57.1 Å². The molecule has 0 spiro atoms. The minimum atomic E-state index is -3.83. The van der Waals surface area contributed by atoms with E-state index in [0.717, 1.165) is 55.3 Å². The number of urea groups is 1. The molecule has 1 atom stereocenters. The molecule has 7 nitrogen and oxygen atoms in total. The number of amides is 3. The smallest absolute Gasteiger partial charge is 0.332 e. The molecule has 1 heterocycles. The van der Waals surface area contributed by atoms with Crippen molar-refractivity contribution in [3.05, 3.63) is 28.3 Å². The largest absolute Gasteiger partial charge is 0.342 e. The second-order valence-corrected chi connectivity index (χ2v) is 9.67. The summed E-state index contributed by atoms with van der Waals surface area (Å²) in [7, 11) is -3.83. The summed E-state index contributed by atoms with van der Waals surface area (Å²) in [6, 6.07) is 1.56. The molecular formula is C19H25KN3O4S. The molecule has 4 rings (SSSR count). The third-order valence-electron chi connectivity index (χ3n) is 5.98. The maximum absolute atomic E-state index is 12.6. The van der Waals surface area contributed by atoms with E-state index in [4.69, 9.17) is 0 Å². The van der Waals surface area contributed by atoms with E-state index in [0.29, 0.717) is 13.0 Å². The van der Waals surface area contributed by atoms with Crippen LogP contribution >= 0.6 is 0 Å². The Morgan fingerprint density at radius 3 is 2.21 bits per heavy atom. The first kappa shape index (κ1) is 22.2. The molecular weight excluding hydrogens is 405 g/mol. The summed E-state index contributed by atoms with van der Waals surface area (Å²) >= 11 is 0. The van der Waals surface area contributed by atoms with Crippen LogP contribution < -0.4 is 10.0 Å². The molecule has 3 amide bonds. The van der Waals surface area contributed by atoms with Gasteiger partial charge in [0.05, 0.1) is 5.25 Å². The van der Waals surface area contributed by atoms with Gasteiger partial charge in [-0.15, -0.1) is 0 Å². The SMILES string of the molecule is CC(=O)N1CCC(S(=O)(=O)NC(=O)Nc2c3c(cc4c2CCC4)CCC3)C1.[K]. The number of rotatable bonds is 3. The van der Waals surface area contributed by atoms with Gasteiger partial charge in [0.2, 0.25) is 15.9 Å². The average Bonchev–Trinajstić information content (AvgIpc) is 3.34. The second-order valence-electron chi connectivity index (χ2n) is 7.71. The fourth-order valence-electron chi connectivity index (χ4n) is 4.59. The van der Waals surface area contributed by atoms with E-state index >= 15 is 0 Å². The Morgan fingerprint density at radius 2 is 1.68 bits per heavy atom. The number of anilines is 1. The molecule has 0 saturated carbocycles. The first-order valence-electron chi connectivity index (χ1n) is 9.60. The number of carbonyl (C=O) groups is 2. The van der Waals surface area contributed by atoms with Crippen LogP contribution in [0.2, 0.25) is 0 Å². The standard InChI is InChI=1S/C19H25N3O4S.K/c1-12(23)22-9-8-15(11-22)27(25,26)21-19(24)20-18-16-6-2-4-13(16)10-14-5-3-7-17(14)18;/h10,15H,2-9,11H2,1H3,(H2,20,21,24);. The Hall–Kier alpha value is -0.454. The first-order chi connectivity index (χ1) is 12.8. The Bertz CT molecular complexity index is 884. The first-order valence-corrected chi connectivity index (χ1v) is 11.1. The molecule has 1 fully saturated rings. The molecule has 1 aromatic rings. The molecule has 9 heteroatoms. The van der Waals surface area contributed by atoms with Crippen molar-refractivity contribution in [2.24, 2.45) is 0 Å². The summed E-state index contributed by atoms with van der Waals surface area (Å²) < 4.78 is 27.3. The molecule has 1 aromatic carbocycles. The molecule has 1 aliphatic heterocycles. The van der Waals surface area contributed by atoms with E-state index in [2.05, 4.69) is 16.1 Å². The topological polar surface area (TPSA) is 95.6 Å². The van der Waals surface area contributed by atoms with Crippen molar-refractivity contribution in [2.75, 3.05) is 18.4 Å². The van der Waals surface area contributed by atoms with Gasteiger partial charge in [-0.1, -0.05) is 6.07 Å². The number of nitrogens with one attached hydrogen (secondary N) is 2. The molecule has 1 unspecified atom stereocenters. The molecule has 1 saturated heterocycles. The molecule has 147 valence electrons. The number of sulfonamides is 1. The Kier molecular flexibility index (Phi) is 6.93. The number of carbonyl (C=O) groups excluding carboxylic acids is 2. The number of likely N-dealkylation sites (tertiary alicyclic amines) is 1. The van der Waals surface area contributed by atoms with Gasteiger partial charge in [-0.05, 0) is 67.2 Å². The van der Waals surface area contributed by atoms with E-state index in [9.17, 15) is 18.0 Å². The summed E-state index contributed by atoms with van der Waals surface area (Å²) in [5, 5.41) is 2.10. The summed E-state index contributed by atoms with van der Waals surface area (Å²) in [6.45, 7) is 1.96. The zero-order valence-electron chi connectivity index (χ0n) is 16.5. The predicted octanol–water partition coefficient (Wildman–Crippen LogP) is 1.36.